The Morgan fingerprint density at radius 1 is 0.238 bits per heavy atom. The molecule has 0 N–H and O–H groups in total. The van der Waals surface area contributed by atoms with Gasteiger partial charge in [-0.15, -0.1) is 0 Å². The van der Waals surface area contributed by atoms with E-state index in [0.717, 1.165) is 0 Å². The largest absolute Gasteiger partial charge is 0.0622 e. The summed E-state index contributed by atoms with van der Waals surface area (Å²) in [6.45, 7) is 0. The topological polar surface area (TPSA) is 0 Å². The molecule has 0 heteroatoms. The molecule has 0 saturated heterocycles. The SMILES string of the molecule is c1ccc(-c2ccccc2-c2c3ccccc3c(-c3ccc4c(-c5ccccc5)cccc4c3)c3ccccc23)cc1. The van der Waals surface area contributed by atoms with Gasteiger partial charge in [-0.2, -0.15) is 0 Å². The van der Waals surface area contributed by atoms with Gasteiger partial charge in [-0.3, -0.25) is 0 Å². The molecule has 0 heterocycles. The third-order valence-electron chi connectivity index (χ3n) is 8.47. The van der Waals surface area contributed by atoms with Gasteiger partial charge in [0.25, 0.3) is 0 Å². The van der Waals surface area contributed by atoms with Gasteiger partial charge in [-0.1, -0.05) is 164 Å². The van der Waals surface area contributed by atoms with Gasteiger partial charge < -0.3 is 0 Å². The summed E-state index contributed by atoms with van der Waals surface area (Å²) in [5.41, 5.74) is 10.1. The van der Waals surface area contributed by atoms with Crippen molar-refractivity contribution >= 4 is 32.3 Å². The van der Waals surface area contributed by atoms with Crippen molar-refractivity contribution in [2.75, 3.05) is 0 Å². The van der Waals surface area contributed by atoms with E-state index in [0.29, 0.717) is 0 Å². The summed E-state index contributed by atoms with van der Waals surface area (Å²) in [4.78, 5) is 0. The highest BCUT2D eigenvalue weighted by Gasteiger charge is 2.19. The predicted octanol–water partition coefficient (Wildman–Crippen LogP) is 11.8. The quantitative estimate of drug-likeness (QED) is 0.198. The first-order valence-corrected chi connectivity index (χ1v) is 14.5. The van der Waals surface area contributed by atoms with E-state index in [4.69, 9.17) is 0 Å². The molecule has 0 aromatic heterocycles. The molecule has 0 spiro atoms. The normalized spacial score (nSPS) is 11.3. The van der Waals surface area contributed by atoms with Crippen molar-refractivity contribution in [1.82, 2.24) is 0 Å². The van der Waals surface area contributed by atoms with Crippen molar-refractivity contribution in [1.29, 1.82) is 0 Å². The lowest BCUT2D eigenvalue weighted by Gasteiger charge is -2.20. The summed E-state index contributed by atoms with van der Waals surface area (Å²) >= 11 is 0. The lowest BCUT2D eigenvalue weighted by atomic mass is 9.83. The molecular weight excluding hydrogens is 504 g/mol. The molecule has 0 aliphatic heterocycles. The maximum absolute atomic E-state index is 2.37. The van der Waals surface area contributed by atoms with Gasteiger partial charge in [0.05, 0.1) is 0 Å². The number of benzene rings is 8. The highest BCUT2D eigenvalue weighted by Crippen LogP contribution is 2.46. The van der Waals surface area contributed by atoms with Crippen LogP contribution in [-0.4, -0.2) is 0 Å². The maximum atomic E-state index is 2.37. The second kappa shape index (κ2) is 10.2. The number of hydrogen-bond acceptors (Lipinski definition) is 0. The molecule has 8 aromatic carbocycles. The first-order valence-electron chi connectivity index (χ1n) is 14.5. The van der Waals surface area contributed by atoms with E-state index in [1.807, 2.05) is 0 Å². The zero-order valence-electron chi connectivity index (χ0n) is 23.2. The van der Waals surface area contributed by atoms with Crippen LogP contribution in [0.4, 0.5) is 0 Å². The lowest BCUT2D eigenvalue weighted by molar-refractivity contribution is 1.61. The predicted molar refractivity (Wildman–Crippen MR) is 181 cm³/mol. The Balaban J connectivity index is 1.42. The minimum absolute atomic E-state index is 1.23. The maximum Gasteiger partial charge on any atom is -0.00201 e. The summed E-state index contributed by atoms with van der Waals surface area (Å²) in [5.74, 6) is 0. The molecule has 0 nitrogen and oxygen atoms in total. The van der Waals surface area contributed by atoms with Gasteiger partial charge in [0.2, 0.25) is 0 Å². The van der Waals surface area contributed by atoms with Crippen molar-refractivity contribution in [3.63, 3.8) is 0 Å². The van der Waals surface area contributed by atoms with Crippen molar-refractivity contribution < 1.29 is 0 Å². The van der Waals surface area contributed by atoms with E-state index in [2.05, 4.69) is 170 Å². The summed E-state index contributed by atoms with van der Waals surface area (Å²) in [5, 5.41) is 7.61. The minimum atomic E-state index is 1.23. The van der Waals surface area contributed by atoms with Gasteiger partial charge in [-0.25, -0.2) is 0 Å². The number of hydrogen-bond donors (Lipinski definition) is 0. The molecule has 8 rings (SSSR count). The highest BCUT2D eigenvalue weighted by atomic mass is 14.2. The fourth-order valence-electron chi connectivity index (χ4n) is 6.61. The van der Waals surface area contributed by atoms with Crippen molar-refractivity contribution in [3.05, 3.63) is 170 Å². The molecule has 0 aliphatic carbocycles. The Bertz CT molecular complexity index is 2170. The van der Waals surface area contributed by atoms with Gasteiger partial charge in [0, 0.05) is 0 Å². The van der Waals surface area contributed by atoms with Crippen LogP contribution in [0.15, 0.2) is 170 Å². The molecule has 0 saturated carbocycles. The van der Waals surface area contributed by atoms with Crippen LogP contribution < -0.4 is 0 Å². The molecule has 42 heavy (non-hydrogen) atoms. The van der Waals surface area contributed by atoms with Crippen LogP contribution in [0.1, 0.15) is 0 Å². The Morgan fingerprint density at radius 3 is 1.33 bits per heavy atom. The molecule has 0 atom stereocenters. The third kappa shape index (κ3) is 4.00. The Kier molecular flexibility index (Phi) is 5.90. The standard InChI is InChI=1S/C42H28/c1-3-14-29(15-4-1)33-25-13-18-31-28-32(26-27-35(31)33)41-37-21-9-11-23-39(37)42(40-24-12-10-22-38(40)41)36-20-8-7-19-34(36)30-16-5-2-6-17-30/h1-28H. The highest BCUT2D eigenvalue weighted by molar-refractivity contribution is 6.22. The first kappa shape index (κ1) is 24.3. The molecule has 0 unspecified atom stereocenters. The smallest absolute Gasteiger partial charge is 0.00201 e. The fraction of sp³-hybridized carbons (Fsp3) is 0. The van der Waals surface area contributed by atoms with Crippen molar-refractivity contribution in [2.24, 2.45) is 0 Å². The molecule has 0 bridgehead atoms. The molecule has 8 aromatic rings. The molecular formula is C42H28. The zero-order chi connectivity index (χ0) is 27.9. The average molecular weight is 533 g/mol. The number of rotatable bonds is 4. The summed E-state index contributed by atoms with van der Waals surface area (Å²) in [6.07, 6.45) is 0. The van der Waals surface area contributed by atoms with E-state index < -0.39 is 0 Å². The molecule has 196 valence electrons. The van der Waals surface area contributed by atoms with Crippen LogP contribution in [0.2, 0.25) is 0 Å². The summed E-state index contributed by atoms with van der Waals surface area (Å²) < 4.78 is 0. The summed E-state index contributed by atoms with van der Waals surface area (Å²) in [6, 6.07) is 61.7. The molecule has 0 aliphatic rings. The van der Waals surface area contributed by atoms with Gasteiger partial charge in [0.15, 0.2) is 0 Å². The second-order valence-electron chi connectivity index (χ2n) is 10.9. The fourth-order valence-corrected chi connectivity index (χ4v) is 6.61. The first-order chi connectivity index (χ1) is 20.9. The third-order valence-corrected chi connectivity index (χ3v) is 8.47. The summed E-state index contributed by atoms with van der Waals surface area (Å²) in [7, 11) is 0. The molecule has 0 radical (unpaired) electrons. The van der Waals surface area contributed by atoms with Crippen molar-refractivity contribution in [3.8, 4) is 44.5 Å². The number of fused-ring (bicyclic) bond motifs is 3. The zero-order valence-corrected chi connectivity index (χ0v) is 23.2. The Morgan fingerprint density at radius 2 is 0.714 bits per heavy atom. The van der Waals surface area contributed by atoms with E-state index in [9.17, 15) is 0 Å². The van der Waals surface area contributed by atoms with E-state index >= 15 is 0 Å². The Labute approximate surface area is 246 Å². The molecule has 0 fully saturated rings. The van der Waals surface area contributed by atoms with Crippen molar-refractivity contribution in [2.45, 2.75) is 0 Å². The van der Waals surface area contributed by atoms with Gasteiger partial charge in [0.1, 0.15) is 0 Å². The van der Waals surface area contributed by atoms with Gasteiger partial charge in [-0.05, 0) is 82.9 Å². The van der Waals surface area contributed by atoms with Crippen LogP contribution in [0.5, 0.6) is 0 Å². The second-order valence-corrected chi connectivity index (χ2v) is 10.9. The van der Waals surface area contributed by atoms with Crippen LogP contribution in [0.3, 0.4) is 0 Å². The van der Waals surface area contributed by atoms with Gasteiger partial charge >= 0.3 is 0 Å². The molecule has 0 amide bonds. The van der Waals surface area contributed by atoms with E-state index in [-0.39, 0.29) is 0 Å². The van der Waals surface area contributed by atoms with Crippen LogP contribution in [0, 0.1) is 0 Å². The lowest BCUT2D eigenvalue weighted by Crippen LogP contribution is -1.93. The van der Waals surface area contributed by atoms with E-state index in [1.165, 1.54) is 76.8 Å². The average Bonchev–Trinajstić information content (AvgIpc) is 3.07. The monoisotopic (exact) mass is 532 g/mol. The Hall–Kier alpha value is -5.46. The van der Waals surface area contributed by atoms with Crippen LogP contribution >= 0.6 is 0 Å². The van der Waals surface area contributed by atoms with Crippen LogP contribution in [-0.2, 0) is 0 Å². The minimum Gasteiger partial charge on any atom is -0.0622 e. The van der Waals surface area contributed by atoms with E-state index in [1.54, 1.807) is 0 Å². The van der Waals surface area contributed by atoms with Crippen LogP contribution in [0.25, 0.3) is 76.8 Å².